The number of benzene rings is 2. The van der Waals surface area contributed by atoms with E-state index in [1.54, 1.807) is 19.9 Å². The Morgan fingerprint density at radius 2 is 1.96 bits per heavy atom. The van der Waals surface area contributed by atoms with Crippen molar-refractivity contribution in [2.24, 2.45) is 0 Å². The number of carbonyl (C=O) groups excluding carboxylic acids is 1. The lowest BCUT2D eigenvalue weighted by molar-refractivity contribution is 0.106. The Morgan fingerprint density at radius 1 is 1.26 bits per heavy atom. The third kappa shape index (κ3) is 4.79. The molecule has 1 amide bonds. The van der Waals surface area contributed by atoms with Gasteiger partial charge in [0.2, 0.25) is 0 Å². The molecule has 0 spiro atoms. The van der Waals surface area contributed by atoms with Gasteiger partial charge >= 0.3 is 6.09 Å². The van der Waals surface area contributed by atoms with Crippen molar-refractivity contribution in [3.63, 3.8) is 0 Å². The van der Waals surface area contributed by atoms with Crippen molar-refractivity contribution >= 4 is 6.09 Å². The SMILES string of the molecule is Cc1cc(C(O)C(C)NC(=O)OCc2ccccc2)ccc1F. The number of hydrogen-bond acceptors (Lipinski definition) is 3. The Morgan fingerprint density at radius 3 is 2.61 bits per heavy atom. The Bertz CT molecular complexity index is 661. The fraction of sp³-hybridized carbons (Fsp3) is 0.278. The molecule has 4 nitrogen and oxygen atoms in total. The summed E-state index contributed by atoms with van der Waals surface area (Å²) in [7, 11) is 0. The number of rotatable bonds is 5. The summed E-state index contributed by atoms with van der Waals surface area (Å²) in [5.74, 6) is -0.330. The maximum atomic E-state index is 13.3. The maximum Gasteiger partial charge on any atom is 0.407 e. The Labute approximate surface area is 134 Å². The molecule has 0 saturated carbocycles. The Hall–Kier alpha value is -2.40. The van der Waals surface area contributed by atoms with Crippen molar-refractivity contribution in [3.8, 4) is 0 Å². The van der Waals surface area contributed by atoms with Gasteiger partial charge < -0.3 is 15.2 Å². The van der Waals surface area contributed by atoms with Crippen LogP contribution >= 0.6 is 0 Å². The van der Waals surface area contributed by atoms with E-state index < -0.39 is 18.2 Å². The van der Waals surface area contributed by atoms with Crippen molar-refractivity contribution in [3.05, 3.63) is 71.0 Å². The molecule has 0 heterocycles. The van der Waals surface area contributed by atoms with Gasteiger partial charge in [-0.15, -0.1) is 0 Å². The smallest absolute Gasteiger partial charge is 0.407 e. The average Bonchev–Trinajstić information content (AvgIpc) is 2.55. The average molecular weight is 317 g/mol. The molecule has 23 heavy (non-hydrogen) atoms. The molecule has 2 N–H and O–H groups in total. The molecule has 0 saturated heterocycles. The fourth-order valence-electron chi connectivity index (χ4n) is 2.17. The molecular weight excluding hydrogens is 297 g/mol. The van der Waals surface area contributed by atoms with Crippen LogP contribution in [0.4, 0.5) is 9.18 Å². The number of aliphatic hydroxyl groups excluding tert-OH is 1. The first-order chi connectivity index (χ1) is 11.0. The minimum atomic E-state index is -0.946. The number of amides is 1. The van der Waals surface area contributed by atoms with E-state index >= 15 is 0 Å². The van der Waals surface area contributed by atoms with Gasteiger partial charge in [0, 0.05) is 0 Å². The minimum absolute atomic E-state index is 0.158. The molecule has 0 fully saturated rings. The number of aryl methyl sites for hydroxylation is 1. The summed E-state index contributed by atoms with van der Waals surface area (Å²) in [6, 6.07) is 13.1. The molecule has 0 bridgehead atoms. The van der Waals surface area contributed by atoms with Crippen molar-refractivity contribution in [1.29, 1.82) is 0 Å². The summed E-state index contributed by atoms with van der Waals surface area (Å²) < 4.78 is 18.4. The van der Waals surface area contributed by atoms with E-state index in [0.717, 1.165) is 5.56 Å². The number of carbonyl (C=O) groups is 1. The van der Waals surface area contributed by atoms with Gasteiger partial charge in [-0.25, -0.2) is 9.18 Å². The number of aliphatic hydroxyl groups is 1. The molecule has 0 aliphatic rings. The van der Waals surface area contributed by atoms with Crippen LogP contribution in [0.3, 0.4) is 0 Å². The quantitative estimate of drug-likeness (QED) is 0.887. The molecular formula is C18H20FNO3. The zero-order chi connectivity index (χ0) is 16.8. The summed E-state index contributed by atoms with van der Waals surface area (Å²) in [4.78, 5) is 11.8. The lowest BCUT2D eigenvalue weighted by Gasteiger charge is -2.21. The van der Waals surface area contributed by atoms with E-state index in [0.29, 0.717) is 11.1 Å². The molecule has 2 atom stereocenters. The molecule has 2 rings (SSSR count). The van der Waals surface area contributed by atoms with Gasteiger partial charge in [0.15, 0.2) is 0 Å². The summed E-state index contributed by atoms with van der Waals surface area (Å²) in [6.07, 6.45) is -1.56. The van der Waals surface area contributed by atoms with E-state index in [1.807, 2.05) is 30.3 Å². The maximum absolute atomic E-state index is 13.3. The summed E-state index contributed by atoms with van der Waals surface area (Å²) >= 11 is 0. The number of halogens is 1. The highest BCUT2D eigenvalue weighted by Gasteiger charge is 2.19. The molecule has 5 heteroatoms. The van der Waals surface area contributed by atoms with Gasteiger partial charge in [0.25, 0.3) is 0 Å². The van der Waals surface area contributed by atoms with Crippen LogP contribution in [0, 0.1) is 12.7 Å². The predicted molar refractivity (Wildman–Crippen MR) is 85.3 cm³/mol. The first kappa shape index (κ1) is 17.0. The van der Waals surface area contributed by atoms with Crippen LogP contribution in [0.5, 0.6) is 0 Å². The van der Waals surface area contributed by atoms with Crippen molar-refractivity contribution < 1.29 is 19.0 Å². The zero-order valence-electron chi connectivity index (χ0n) is 13.1. The van der Waals surface area contributed by atoms with E-state index in [4.69, 9.17) is 4.74 Å². The van der Waals surface area contributed by atoms with Gasteiger partial charge in [-0.3, -0.25) is 0 Å². The highest BCUT2D eigenvalue weighted by atomic mass is 19.1. The third-order valence-electron chi connectivity index (χ3n) is 3.56. The number of hydrogen-bond donors (Lipinski definition) is 2. The number of nitrogens with one attached hydrogen (secondary N) is 1. The van der Waals surface area contributed by atoms with Gasteiger partial charge in [0.1, 0.15) is 12.4 Å². The van der Waals surface area contributed by atoms with Gasteiger partial charge in [0.05, 0.1) is 12.1 Å². The van der Waals surface area contributed by atoms with E-state index in [9.17, 15) is 14.3 Å². The minimum Gasteiger partial charge on any atom is -0.445 e. The molecule has 0 aromatic heterocycles. The molecule has 2 aromatic carbocycles. The lowest BCUT2D eigenvalue weighted by atomic mass is 10.0. The Balaban J connectivity index is 1.88. The van der Waals surface area contributed by atoms with Gasteiger partial charge in [-0.05, 0) is 36.6 Å². The van der Waals surface area contributed by atoms with Crippen LogP contribution < -0.4 is 5.32 Å². The van der Waals surface area contributed by atoms with E-state index in [-0.39, 0.29) is 12.4 Å². The zero-order valence-corrected chi connectivity index (χ0v) is 13.1. The van der Waals surface area contributed by atoms with Crippen LogP contribution in [0.1, 0.15) is 29.7 Å². The summed E-state index contributed by atoms with van der Waals surface area (Å²) in [5.41, 5.74) is 1.87. The molecule has 2 aromatic rings. The second-order valence-corrected chi connectivity index (χ2v) is 5.45. The normalized spacial score (nSPS) is 13.2. The van der Waals surface area contributed by atoms with Crippen molar-refractivity contribution in [2.75, 3.05) is 0 Å². The number of ether oxygens (including phenoxy) is 1. The topological polar surface area (TPSA) is 58.6 Å². The third-order valence-corrected chi connectivity index (χ3v) is 3.56. The van der Waals surface area contributed by atoms with Crippen LogP contribution in [-0.2, 0) is 11.3 Å². The first-order valence-corrected chi connectivity index (χ1v) is 7.38. The summed E-state index contributed by atoms with van der Waals surface area (Å²) in [6.45, 7) is 3.44. The molecule has 0 aliphatic heterocycles. The largest absolute Gasteiger partial charge is 0.445 e. The highest BCUT2D eigenvalue weighted by Crippen LogP contribution is 2.19. The molecule has 2 unspecified atom stereocenters. The Kier molecular flexibility index (Phi) is 5.71. The van der Waals surface area contributed by atoms with E-state index in [1.165, 1.54) is 12.1 Å². The van der Waals surface area contributed by atoms with Gasteiger partial charge in [-0.2, -0.15) is 0 Å². The highest BCUT2D eigenvalue weighted by molar-refractivity contribution is 5.67. The fourth-order valence-corrected chi connectivity index (χ4v) is 2.17. The molecule has 0 aliphatic carbocycles. The van der Waals surface area contributed by atoms with Crippen LogP contribution in [-0.4, -0.2) is 17.2 Å². The van der Waals surface area contributed by atoms with Crippen LogP contribution in [0.25, 0.3) is 0 Å². The summed E-state index contributed by atoms with van der Waals surface area (Å²) in [5, 5.41) is 12.8. The molecule has 0 radical (unpaired) electrons. The van der Waals surface area contributed by atoms with Crippen molar-refractivity contribution in [2.45, 2.75) is 32.6 Å². The second kappa shape index (κ2) is 7.74. The molecule has 122 valence electrons. The van der Waals surface area contributed by atoms with Crippen molar-refractivity contribution in [1.82, 2.24) is 5.32 Å². The van der Waals surface area contributed by atoms with Gasteiger partial charge in [-0.1, -0.05) is 42.5 Å². The van der Waals surface area contributed by atoms with Crippen LogP contribution in [0.15, 0.2) is 48.5 Å². The first-order valence-electron chi connectivity index (χ1n) is 7.38. The number of alkyl carbamates (subject to hydrolysis) is 1. The standard InChI is InChI=1S/C18H20FNO3/c1-12-10-15(8-9-16(12)19)17(21)13(2)20-18(22)23-11-14-6-4-3-5-7-14/h3-10,13,17,21H,11H2,1-2H3,(H,20,22). The predicted octanol–water partition coefficient (Wildman–Crippen LogP) is 3.48. The lowest BCUT2D eigenvalue weighted by Crippen LogP contribution is -2.37. The monoisotopic (exact) mass is 317 g/mol. The second-order valence-electron chi connectivity index (χ2n) is 5.45. The van der Waals surface area contributed by atoms with E-state index in [2.05, 4.69) is 5.32 Å². The van der Waals surface area contributed by atoms with Crippen LogP contribution in [0.2, 0.25) is 0 Å².